The van der Waals surface area contributed by atoms with E-state index in [4.69, 9.17) is 4.74 Å². The van der Waals surface area contributed by atoms with E-state index in [-0.39, 0.29) is 30.3 Å². The van der Waals surface area contributed by atoms with Gasteiger partial charge in [0.1, 0.15) is 5.56 Å². The smallest absolute Gasteiger partial charge is 0.258 e. The molecule has 0 unspecified atom stereocenters. The van der Waals surface area contributed by atoms with Crippen LogP contribution in [0.4, 0.5) is 0 Å². The molecule has 1 aromatic heterocycles. The van der Waals surface area contributed by atoms with Gasteiger partial charge in [-0.2, -0.15) is 0 Å². The molecule has 0 spiro atoms. The number of nitrogens with one attached hydrogen (secondary N) is 2. The van der Waals surface area contributed by atoms with E-state index in [1.54, 1.807) is 13.2 Å². The van der Waals surface area contributed by atoms with Crippen molar-refractivity contribution in [1.29, 1.82) is 0 Å². The Labute approximate surface area is 117 Å². The van der Waals surface area contributed by atoms with Gasteiger partial charge in [0, 0.05) is 19.3 Å². The molecule has 2 amide bonds. The second kappa shape index (κ2) is 6.40. The van der Waals surface area contributed by atoms with Crippen LogP contribution in [0.5, 0.6) is 5.88 Å². The van der Waals surface area contributed by atoms with Gasteiger partial charge in [-0.1, -0.05) is 12.8 Å². The third-order valence-corrected chi connectivity index (χ3v) is 3.36. The highest BCUT2D eigenvalue weighted by molar-refractivity contribution is 5.98. The molecule has 20 heavy (non-hydrogen) atoms. The summed E-state index contributed by atoms with van der Waals surface area (Å²) in [6, 6.07) is 0.257. The molecule has 7 nitrogen and oxygen atoms in total. The minimum Gasteiger partial charge on any atom is -0.479 e. The first-order valence-corrected chi connectivity index (χ1v) is 6.75. The number of amides is 2. The SMILES string of the molecule is COc1nn(C)cc1C(=O)NCC(=O)NC1CCCC1. The number of rotatable bonds is 5. The lowest BCUT2D eigenvalue weighted by Gasteiger charge is -2.12. The van der Waals surface area contributed by atoms with Gasteiger partial charge in [0.05, 0.1) is 13.7 Å². The molecular formula is C13H20N4O3. The zero-order valence-electron chi connectivity index (χ0n) is 11.8. The first-order valence-electron chi connectivity index (χ1n) is 6.75. The standard InChI is InChI=1S/C13H20N4O3/c1-17-8-10(13(16-17)20-2)12(19)14-7-11(18)15-9-5-3-4-6-9/h8-9H,3-7H2,1-2H3,(H,14,19)(H,15,18). The number of hydrogen-bond donors (Lipinski definition) is 2. The maximum atomic E-state index is 12.0. The molecular weight excluding hydrogens is 260 g/mol. The molecule has 1 aliphatic carbocycles. The van der Waals surface area contributed by atoms with Crippen molar-refractivity contribution < 1.29 is 14.3 Å². The first kappa shape index (κ1) is 14.4. The molecule has 2 N–H and O–H groups in total. The normalized spacial score (nSPS) is 15.1. The quantitative estimate of drug-likeness (QED) is 0.808. The molecule has 0 atom stereocenters. The summed E-state index contributed by atoms with van der Waals surface area (Å²) in [4.78, 5) is 23.7. The fourth-order valence-electron chi connectivity index (χ4n) is 2.38. The highest BCUT2D eigenvalue weighted by atomic mass is 16.5. The van der Waals surface area contributed by atoms with Gasteiger partial charge < -0.3 is 15.4 Å². The lowest BCUT2D eigenvalue weighted by Crippen LogP contribution is -2.40. The third-order valence-electron chi connectivity index (χ3n) is 3.36. The summed E-state index contributed by atoms with van der Waals surface area (Å²) >= 11 is 0. The fraction of sp³-hybridized carbons (Fsp3) is 0.615. The van der Waals surface area contributed by atoms with Gasteiger partial charge in [0.15, 0.2) is 0 Å². The van der Waals surface area contributed by atoms with E-state index < -0.39 is 0 Å². The Morgan fingerprint density at radius 3 is 2.80 bits per heavy atom. The summed E-state index contributed by atoms with van der Waals surface area (Å²) in [5, 5.41) is 9.48. The highest BCUT2D eigenvalue weighted by Crippen LogP contribution is 2.17. The average molecular weight is 280 g/mol. The first-order chi connectivity index (χ1) is 9.60. The number of aryl methyl sites for hydroxylation is 1. The number of hydrogen-bond acceptors (Lipinski definition) is 4. The number of nitrogens with zero attached hydrogens (tertiary/aromatic N) is 2. The van der Waals surface area contributed by atoms with E-state index >= 15 is 0 Å². The Morgan fingerprint density at radius 1 is 1.45 bits per heavy atom. The monoisotopic (exact) mass is 280 g/mol. The third kappa shape index (κ3) is 3.49. The molecule has 1 aromatic rings. The van der Waals surface area contributed by atoms with Gasteiger partial charge in [0.25, 0.3) is 5.91 Å². The summed E-state index contributed by atoms with van der Waals surface area (Å²) in [7, 11) is 3.15. The van der Waals surface area contributed by atoms with E-state index in [1.807, 2.05) is 0 Å². The van der Waals surface area contributed by atoms with Crippen molar-refractivity contribution in [1.82, 2.24) is 20.4 Å². The lowest BCUT2D eigenvalue weighted by molar-refractivity contribution is -0.120. The van der Waals surface area contributed by atoms with E-state index in [0.29, 0.717) is 5.56 Å². The van der Waals surface area contributed by atoms with E-state index in [9.17, 15) is 9.59 Å². The van der Waals surface area contributed by atoms with Crippen LogP contribution < -0.4 is 15.4 Å². The number of ether oxygens (including phenoxy) is 1. The minimum atomic E-state index is -0.364. The van der Waals surface area contributed by atoms with Crippen LogP contribution in [0, 0.1) is 0 Å². The van der Waals surface area contributed by atoms with Crippen molar-refractivity contribution in [3.63, 3.8) is 0 Å². The van der Waals surface area contributed by atoms with Crippen LogP contribution in [-0.2, 0) is 11.8 Å². The number of methoxy groups -OCH3 is 1. The van der Waals surface area contributed by atoms with E-state index in [0.717, 1.165) is 25.7 Å². The van der Waals surface area contributed by atoms with Crippen LogP contribution in [0.1, 0.15) is 36.0 Å². The van der Waals surface area contributed by atoms with Crippen molar-refractivity contribution in [2.24, 2.45) is 7.05 Å². The Bertz CT molecular complexity index is 492. The molecule has 1 aliphatic rings. The molecule has 0 bridgehead atoms. The zero-order valence-corrected chi connectivity index (χ0v) is 11.8. The molecule has 110 valence electrons. The van der Waals surface area contributed by atoms with Crippen LogP contribution in [0.15, 0.2) is 6.20 Å². The zero-order chi connectivity index (χ0) is 14.5. The van der Waals surface area contributed by atoms with Gasteiger partial charge >= 0.3 is 0 Å². The van der Waals surface area contributed by atoms with Crippen molar-refractivity contribution in [3.05, 3.63) is 11.8 Å². The van der Waals surface area contributed by atoms with Crippen LogP contribution in [0.25, 0.3) is 0 Å². The fourth-order valence-corrected chi connectivity index (χ4v) is 2.38. The van der Waals surface area contributed by atoms with Crippen molar-refractivity contribution in [3.8, 4) is 5.88 Å². The molecule has 2 rings (SSSR count). The van der Waals surface area contributed by atoms with Gasteiger partial charge in [-0.05, 0) is 12.8 Å². The molecule has 1 fully saturated rings. The molecule has 1 heterocycles. The van der Waals surface area contributed by atoms with Gasteiger partial charge in [-0.15, -0.1) is 5.10 Å². The molecule has 0 aliphatic heterocycles. The molecule has 0 saturated heterocycles. The van der Waals surface area contributed by atoms with Crippen LogP contribution >= 0.6 is 0 Å². The van der Waals surface area contributed by atoms with E-state index in [1.165, 1.54) is 11.8 Å². The van der Waals surface area contributed by atoms with Crippen molar-refractivity contribution >= 4 is 11.8 Å². The Morgan fingerprint density at radius 2 is 2.15 bits per heavy atom. The second-order valence-corrected chi connectivity index (χ2v) is 4.96. The molecule has 1 saturated carbocycles. The maximum Gasteiger partial charge on any atom is 0.258 e. The van der Waals surface area contributed by atoms with Crippen molar-refractivity contribution in [2.75, 3.05) is 13.7 Å². The summed E-state index contributed by atoms with van der Waals surface area (Å²) in [5.41, 5.74) is 0.323. The highest BCUT2D eigenvalue weighted by Gasteiger charge is 2.19. The summed E-state index contributed by atoms with van der Waals surface area (Å²) < 4.78 is 6.50. The van der Waals surface area contributed by atoms with Crippen LogP contribution in [0.2, 0.25) is 0 Å². The van der Waals surface area contributed by atoms with Gasteiger partial charge in [-0.25, -0.2) is 0 Å². The second-order valence-electron chi connectivity index (χ2n) is 4.96. The Hall–Kier alpha value is -2.05. The van der Waals surface area contributed by atoms with Crippen molar-refractivity contribution in [2.45, 2.75) is 31.7 Å². The topological polar surface area (TPSA) is 85.2 Å². The minimum absolute atomic E-state index is 0.0343. The summed E-state index contributed by atoms with van der Waals surface area (Å²) in [5.74, 6) is -0.272. The summed E-state index contributed by atoms with van der Waals surface area (Å²) in [6.07, 6.45) is 5.92. The maximum absolute atomic E-state index is 12.0. The molecule has 0 aromatic carbocycles. The Balaban J connectivity index is 1.83. The molecule has 7 heteroatoms. The predicted octanol–water partition coefficient (Wildman–Crippen LogP) is 0.217. The summed E-state index contributed by atoms with van der Waals surface area (Å²) in [6.45, 7) is -0.0343. The lowest BCUT2D eigenvalue weighted by atomic mass is 10.2. The van der Waals surface area contributed by atoms with Crippen LogP contribution in [0.3, 0.4) is 0 Å². The number of carbonyl (C=O) groups excluding carboxylic acids is 2. The number of carbonyl (C=O) groups is 2. The van der Waals surface area contributed by atoms with Crippen LogP contribution in [-0.4, -0.2) is 41.3 Å². The van der Waals surface area contributed by atoms with Gasteiger partial charge in [-0.3, -0.25) is 14.3 Å². The predicted molar refractivity (Wildman–Crippen MR) is 72.5 cm³/mol. The molecule has 0 radical (unpaired) electrons. The van der Waals surface area contributed by atoms with E-state index in [2.05, 4.69) is 15.7 Å². The number of aromatic nitrogens is 2. The largest absolute Gasteiger partial charge is 0.479 e. The Kier molecular flexibility index (Phi) is 4.60. The van der Waals surface area contributed by atoms with Gasteiger partial charge in [0.2, 0.25) is 11.8 Å². The average Bonchev–Trinajstić information content (AvgIpc) is 3.05.